The second-order valence-electron chi connectivity index (χ2n) is 19.7. The van der Waals surface area contributed by atoms with Gasteiger partial charge in [0.1, 0.15) is 22.0 Å². The molecule has 19 heteroatoms. The molecule has 5 aromatic rings. The number of sulfonamides is 1. The number of aromatic amines is 1. The number of H-pyrrole nitrogens is 1. The van der Waals surface area contributed by atoms with Gasteiger partial charge in [0.05, 0.1) is 34.5 Å². The predicted octanol–water partition coefficient (Wildman–Crippen LogP) is 8.04. The number of amides is 2. The summed E-state index contributed by atoms with van der Waals surface area (Å²) in [5, 5.41) is 36.2. The van der Waals surface area contributed by atoms with Crippen LogP contribution in [0.4, 0.5) is 22.0 Å². The summed E-state index contributed by atoms with van der Waals surface area (Å²) >= 11 is 0. The first-order valence-corrected chi connectivity index (χ1v) is 25.0. The first-order valence-electron chi connectivity index (χ1n) is 23.5. The highest BCUT2D eigenvalue weighted by Crippen LogP contribution is 2.53. The third-order valence-electron chi connectivity index (χ3n) is 14.8. The number of nitrogens with zero attached hydrogens (tertiary/aromatic N) is 6. The van der Waals surface area contributed by atoms with Crippen LogP contribution in [-0.2, 0) is 10.0 Å². The van der Waals surface area contributed by atoms with Crippen LogP contribution in [0, 0.1) is 21.4 Å². The Morgan fingerprint density at radius 3 is 2.46 bits per heavy atom. The highest BCUT2D eigenvalue weighted by Gasteiger charge is 2.50. The molecule has 4 fully saturated rings. The van der Waals surface area contributed by atoms with Crippen molar-refractivity contribution in [2.75, 3.05) is 49.5 Å². The van der Waals surface area contributed by atoms with Crippen LogP contribution in [0.5, 0.6) is 11.5 Å². The molecule has 1 unspecified atom stereocenters. The number of aliphatic hydroxyl groups is 1. The number of pyridine rings is 2. The molecule has 18 nitrogen and oxygen atoms in total. The van der Waals surface area contributed by atoms with E-state index in [0.717, 1.165) is 75.0 Å². The minimum Gasteiger partial charge on any atom is -0.465 e. The second-order valence-corrected chi connectivity index (χ2v) is 21.4. The van der Waals surface area contributed by atoms with Crippen LogP contribution in [0.3, 0.4) is 0 Å². The van der Waals surface area contributed by atoms with Gasteiger partial charge in [-0.2, -0.15) is 0 Å². The van der Waals surface area contributed by atoms with Gasteiger partial charge in [-0.3, -0.25) is 19.8 Å². The number of carbonyl (C=O) groups excluding carboxylic acids is 1. The number of anilines is 2. The number of piperazine rings is 1. The normalized spacial score (nSPS) is 22.2. The van der Waals surface area contributed by atoms with Crippen molar-refractivity contribution < 1.29 is 37.9 Å². The van der Waals surface area contributed by atoms with Crippen molar-refractivity contribution in [3.8, 4) is 11.5 Å². The van der Waals surface area contributed by atoms with Crippen LogP contribution >= 0.6 is 0 Å². The lowest BCUT2D eigenvalue weighted by molar-refractivity contribution is -0.384. The van der Waals surface area contributed by atoms with E-state index in [1.54, 1.807) is 36.2 Å². The van der Waals surface area contributed by atoms with E-state index in [4.69, 9.17) is 4.74 Å². The summed E-state index contributed by atoms with van der Waals surface area (Å²) < 4.78 is 35.9. The number of benzene rings is 2. The zero-order valence-corrected chi connectivity index (χ0v) is 39.4. The predicted molar refractivity (Wildman–Crippen MR) is 256 cm³/mol. The Labute approximate surface area is 395 Å². The van der Waals surface area contributed by atoms with Gasteiger partial charge in [0.25, 0.3) is 15.9 Å². The molecule has 2 saturated carbocycles. The van der Waals surface area contributed by atoms with Gasteiger partial charge in [-0.05, 0) is 111 Å². The first-order chi connectivity index (χ1) is 32.5. The summed E-state index contributed by atoms with van der Waals surface area (Å²) in [5.74, 6) is -0.220. The van der Waals surface area contributed by atoms with E-state index in [1.807, 2.05) is 12.1 Å². The summed E-state index contributed by atoms with van der Waals surface area (Å²) in [6, 6.07) is 18.2. The number of ether oxygens (including phenoxy) is 1. The minimum absolute atomic E-state index is 0.0196. The van der Waals surface area contributed by atoms with Gasteiger partial charge in [0, 0.05) is 74.7 Å². The number of piperidine rings is 1. The van der Waals surface area contributed by atoms with Gasteiger partial charge in [0.2, 0.25) is 5.82 Å². The average molecular weight is 950 g/mol. The van der Waals surface area contributed by atoms with Crippen molar-refractivity contribution >= 4 is 50.2 Å². The molecule has 9 rings (SSSR count). The monoisotopic (exact) mass is 949 g/mol. The molecule has 1 atom stereocenters. The number of rotatable bonds is 13. The average Bonchev–Trinajstić information content (AvgIpc) is 3.78. The number of nitrogens with one attached hydrogen (secondary N) is 3. The van der Waals surface area contributed by atoms with Crippen molar-refractivity contribution in [2.45, 2.75) is 101 Å². The molecule has 2 aliphatic carbocycles. The maximum atomic E-state index is 14.0. The maximum absolute atomic E-state index is 14.0. The zero-order chi connectivity index (χ0) is 48.0. The molecule has 5 N–H and O–H groups in total. The number of aromatic nitrogens is 3. The van der Waals surface area contributed by atoms with E-state index in [2.05, 4.69) is 66.8 Å². The lowest BCUT2D eigenvalue weighted by atomic mass is 9.59. The molecule has 0 bridgehead atoms. The largest absolute Gasteiger partial charge is 0.465 e. The molecular formula is C49H59N9O9S. The Morgan fingerprint density at radius 1 is 0.985 bits per heavy atom. The Morgan fingerprint density at radius 2 is 1.74 bits per heavy atom. The molecule has 1 spiro atoms. The fourth-order valence-electron chi connectivity index (χ4n) is 10.8. The van der Waals surface area contributed by atoms with Crippen LogP contribution in [0.25, 0.3) is 11.0 Å². The molecule has 2 saturated heterocycles. The van der Waals surface area contributed by atoms with Crippen molar-refractivity contribution in [3.05, 3.63) is 106 Å². The summed E-state index contributed by atoms with van der Waals surface area (Å²) in [6.07, 6.45) is 9.93. The lowest BCUT2D eigenvalue weighted by Crippen LogP contribution is -2.60. The van der Waals surface area contributed by atoms with Crippen molar-refractivity contribution in [2.24, 2.45) is 11.3 Å². The standard InChI is InChI=1S/C49H59N9O9S/c1-31(2)38-6-4-5-7-39(38)42-30-56(47(60)61)20-21-57(42)35-25-49(26-35)15-18-55(19-16-49)34-8-9-40(43(23-34)67-36-22-33-12-17-50-44(33)52-28-36)46(59)54-68(65,66)37-24-41(58(63)64)45(53-29-37)51-27-32-10-13-48(3,62)14-11-32/h4-9,12,17,22-24,28-29,31-32,35,42,62H,10-11,13-16,18-21,25-27,30H2,1-3H3,(H,50,52)(H,51,53)(H,54,59)(H,60,61). The van der Waals surface area contributed by atoms with Gasteiger partial charge >= 0.3 is 11.8 Å². The number of nitro groups is 1. The molecular weight excluding hydrogens is 891 g/mol. The van der Waals surface area contributed by atoms with Gasteiger partial charge in [0.15, 0.2) is 0 Å². The van der Waals surface area contributed by atoms with Crippen LogP contribution in [-0.4, -0.2) is 111 Å². The van der Waals surface area contributed by atoms with Crippen LogP contribution in [0.15, 0.2) is 84.1 Å². The molecule has 3 aromatic heterocycles. The SMILES string of the molecule is CC(C)c1ccccc1C1CN(C(=O)O)CCN1C1CC2(CCN(c3ccc(C(=O)NS(=O)(=O)c4cnc(NCC5CCC(C)(O)CC5)c([N+](=O)[O-])c4)c(Oc4cnc5[nH]ccc5c4)c3)CC2)C1. The van der Waals surface area contributed by atoms with Crippen molar-refractivity contribution in [3.63, 3.8) is 0 Å². The van der Waals surface area contributed by atoms with E-state index in [9.17, 15) is 38.3 Å². The Balaban J connectivity index is 0.901. The highest BCUT2D eigenvalue weighted by molar-refractivity contribution is 7.90. The van der Waals surface area contributed by atoms with E-state index in [0.29, 0.717) is 62.4 Å². The van der Waals surface area contributed by atoms with Crippen LogP contribution in [0.2, 0.25) is 0 Å². The molecule has 0 radical (unpaired) electrons. The van der Waals surface area contributed by atoms with E-state index < -0.39 is 43.1 Å². The smallest absolute Gasteiger partial charge is 0.407 e. The molecule has 360 valence electrons. The van der Waals surface area contributed by atoms with Gasteiger partial charge < -0.3 is 35.1 Å². The van der Waals surface area contributed by atoms with Gasteiger partial charge in [-0.15, -0.1) is 0 Å². The Kier molecular flexibility index (Phi) is 12.8. The Hall–Kier alpha value is -6.31. The third kappa shape index (κ3) is 9.82. The van der Waals surface area contributed by atoms with Gasteiger partial charge in [-0.1, -0.05) is 38.1 Å². The van der Waals surface area contributed by atoms with Gasteiger partial charge in [-0.25, -0.2) is 27.9 Å². The van der Waals surface area contributed by atoms with Crippen molar-refractivity contribution in [1.29, 1.82) is 0 Å². The summed E-state index contributed by atoms with van der Waals surface area (Å²) in [5.41, 5.74) is 2.66. The second kappa shape index (κ2) is 18.6. The lowest BCUT2D eigenvalue weighted by Gasteiger charge is -2.58. The van der Waals surface area contributed by atoms with E-state index >= 15 is 0 Å². The molecule has 68 heavy (non-hydrogen) atoms. The number of carboxylic acid groups (broad SMARTS) is 1. The fraction of sp³-hybridized carbons (Fsp3) is 0.469. The van der Waals surface area contributed by atoms with E-state index in [-0.39, 0.29) is 34.5 Å². The number of fused-ring (bicyclic) bond motifs is 1. The fourth-order valence-corrected chi connectivity index (χ4v) is 11.7. The minimum atomic E-state index is -4.66. The van der Waals surface area contributed by atoms with Crippen LogP contribution < -0.4 is 19.7 Å². The number of hydrogen-bond donors (Lipinski definition) is 5. The number of carbonyl (C=O) groups is 2. The summed E-state index contributed by atoms with van der Waals surface area (Å²) in [6.45, 7) is 9.59. The van der Waals surface area contributed by atoms with E-state index in [1.165, 1.54) is 23.4 Å². The van der Waals surface area contributed by atoms with Crippen LogP contribution in [0.1, 0.15) is 106 Å². The molecule has 4 aliphatic rings. The summed E-state index contributed by atoms with van der Waals surface area (Å²) in [7, 11) is -4.66. The molecule has 2 amide bonds. The zero-order valence-electron chi connectivity index (χ0n) is 38.6. The topological polar surface area (TPSA) is 236 Å². The molecule has 5 heterocycles. The molecule has 2 aliphatic heterocycles. The molecule has 2 aromatic carbocycles. The maximum Gasteiger partial charge on any atom is 0.407 e. The van der Waals surface area contributed by atoms with Crippen molar-refractivity contribution in [1.82, 2.24) is 29.5 Å². The quantitative estimate of drug-likeness (QED) is 0.0555. The summed E-state index contributed by atoms with van der Waals surface area (Å²) in [4.78, 5) is 54.9. The Bertz CT molecular complexity index is 2810. The third-order valence-corrected chi connectivity index (χ3v) is 16.1. The highest BCUT2D eigenvalue weighted by atomic mass is 32.2. The number of hydrogen-bond acceptors (Lipinski definition) is 13. The first kappa shape index (κ1) is 46.8.